The van der Waals surface area contributed by atoms with Gasteiger partial charge < -0.3 is 24.8 Å². The van der Waals surface area contributed by atoms with Gasteiger partial charge in [-0.15, -0.1) is 0 Å². The van der Waals surface area contributed by atoms with Crippen LogP contribution < -0.4 is 15.1 Å². The number of nitrogens with zero attached hydrogens (tertiary/aromatic N) is 5. The first-order valence-corrected chi connectivity index (χ1v) is 8.38. The van der Waals surface area contributed by atoms with Crippen LogP contribution in [0.3, 0.4) is 0 Å². The van der Waals surface area contributed by atoms with Gasteiger partial charge in [-0.1, -0.05) is 0 Å². The molecule has 0 bridgehead atoms. The number of aromatic nitrogens is 2. The zero-order valence-electron chi connectivity index (χ0n) is 14.6. The molecular formula is C16H26N6O2. The fraction of sp³-hybridized carbons (Fsp3) is 0.688. The molecule has 1 aromatic heterocycles. The van der Waals surface area contributed by atoms with Gasteiger partial charge in [0.25, 0.3) is 0 Å². The molecule has 132 valence electrons. The zero-order chi connectivity index (χ0) is 17.1. The third-order valence-electron chi connectivity index (χ3n) is 4.67. The summed E-state index contributed by atoms with van der Waals surface area (Å²) in [4.78, 5) is 27.5. The lowest BCUT2D eigenvalue weighted by molar-refractivity contribution is -0.133. The van der Waals surface area contributed by atoms with Gasteiger partial charge in [-0.2, -0.15) is 4.98 Å². The molecule has 3 heterocycles. The van der Waals surface area contributed by atoms with Gasteiger partial charge in [0, 0.05) is 60.1 Å². The fourth-order valence-electron chi connectivity index (χ4n) is 3.18. The van der Waals surface area contributed by atoms with E-state index in [4.69, 9.17) is 4.74 Å². The molecule has 0 radical (unpaired) electrons. The lowest BCUT2D eigenvalue weighted by atomic mass is 10.1. The number of hydrogen-bond acceptors (Lipinski definition) is 7. The third kappa shape index (κ3) is 3.59. The van der Waals surface area contributed by atoms with Crippen molar-refractivity contribution in [2.75, 3.05) is 63.7 Å². The Bertz CT molecular complexity index is 573. The summed E-state index contributed by atoms with van der Waals surface area (Å²) >= 11 is 0. The molecule has 0 aliphatic carbocycles. The van der Waals surface area contributed by atoms with E-state index in [1.807, 2.05) is 30.0 Å². The van der Waals surface area contributed by atoms with Gasteiger partial charge >= 0.3 is 0 Å². The predicted octanol–water partition coefficient (Wildman–Crippen LogP) is -0.432. The monoisotopic (exact) mass is 334 g/mol. The van der Waals surface area contributed by atoms with E-state index >= 15 is 0 Å². The predicted molar refractivity (Wildman–Crippen MR) is 92.4 cm³/mol. The number of rotatable bonds is 4. The van der Waals surface area contributed by atoms with Crippen LogP contribution in [0.2, 0.25) is 0 Å². The second-order valence-electron chi connectivity index (χ2n) is 6.48. The van der Waals surface area contributed by atoms with Crippen LogP contribution >= 0.6 is 0 Å². The molecular weight excluding hydrogens is 308 g/mol. The second-order valence-corrected chi connectivity index (χ2v) is 6.48. The molecule has 2 atom stereocenters. The Kier molecular flexibility index (Phi) is 5.15. The minimum Gasteiger partial charge on any atom is -0.380 e. The highest BCUT2D eigenvalue weighted by atomic mass is 16.5. The Balaban J connectivity index is 1.56. The van der Waals surface area contributed by atoms with Crippen molar-refractivity contribution in [1.29, 1.82) is 0 Å². The molecule has 2 saturated heterocycles. The minimum absolute atomic E-state index is 0.110. The lowest BCUT2D eigenvalue weighted by Crippen LogP contribution is -2.53. The van der Waals surface area contributed by atoms with Gasteiger partial charge in [0.1, 0.15) is 5.82 Å². The van der Waals surface area contributed by atoms with Crippen molar-refractivity contribution in [3.63, 3.8) is 0 Å². The number of nitrogens with one attached hydrogen (secondary N) is 1. The Morgan fingerprint density at radius 3 is 2.71 bits per heavy atom. The number of hydrogen-bond donors (Lipinski definition) is 1. The van der Waals surface area contributed by atoms with Gasteiger partial charge in [0.05, 0.1) is 12.1 Å². The van der Waals surface area contributed by atoms with E-state index in [2.05, 4.69) is 20.2 Å². The summed E-state index contributed by atoms with van der Waals surface area (Å²) in [6, 6.07) is 1.81. The number of ether oxygens (including phenoxy) is 1. The van der Waals surface area contributed by atoms with Crippen molar-refractivity contribution in [3.8, 4) is 0 Å². The van der Waals surface area contributed by atoms with Crippen LogP contribution in [0.4, 0.5) is 11.8 Å². The maximum absolute atomic E-state index is 12.6. The van der Waals surface area contributed by atoms with Crippen LogP contribution in [-0.4, -0.2) is 86.8 Å². The number of methoxy groups -OCH3 is 1. The second kappa shape index (κ2) is 7.31. The van der Waals surface area contributed by atoms with Gasteiger partial charge in [-0.05, 0) is 12.5 Å². The lowest BCUT2D eigenvalue weighted by Gasteiger charge is -2.36. The highest BCUT2D eigenvalue weighted by Gasteiger charge is 2.33. The number of carbonyl (C=O) groups is 1. The third-order valence-corrected chi connectivity index (χ3v) is 4.67. The summed E-state index contributed by atoms with van der Waals surface area (Å²) in [5.41, 5.74) is 0. The molecule has 0 aromatic carbocycles. The molecule has 2 aliphatic rings. The summed E-state index contributed by atoms with van der Waals surface area (Å²) < 4.78 is 5.32. The first-order valence-electron chi connectivity index (χ1n) is 8.38. The average molecular weight is 334 g/mol. The molecule has 3 rings (SSSR count). The Hall–Kier alpha value is -1.93. The number of piperazine rings is 1. The summed E-state index contributed by atoms with van der Waals surface area (Å²) in [6.07, 6.45) is 2.68. The molecule has 8 nitrogen and oxygen atoms in total. The Labute approximate surface area is 142 Å². The average Bonchev–Trinajstić information content (AvgIpc) is 3.10. The van der Waals surface area contributed by atoms with E-state index in [1.165, 1.54) is 0 Å². The molecule has 1 aromatic rings. The number of anilines is 2. The Morgan fingerprint density at radius 1 is 1.33 bits per heavy atom. The van der Waals surface area contributed by atoms with Crippen molar-refractivity contribution in [2.45, 2.75) is 18.6 Å². The Morgan fingerprint density at radius 2 is 2.08 bits per heavy atom. The molecule has 0 saturated carbocycles. The van der Waals surface area contributed by atoms with E-state index in [9.17, 15) is 4.79 Å². The molecule has 8 heteroatoms. The molecule has 1 amide bonds. The van der Waals surface area contributed by atoms with Crippen molar-refractivity contribution in [3.05, 3.63) is 12.3 Å². The highest BCUT2D eigenvalue weighted by molar-refractivity contribution is 5.82. The molecule has 24 heavy (non-hydrogen) atoms. The maximum atomic E-state index is 12.6. The molecule has 2 fully saturated rings. The van der Waals surface area contributed by atoms with Crippen LogP contribution in [0.1, 0.15) is 6.42 Å². The van der Waals surface area contributed by atoms with E-state index < -0.39 is 0 Å². The molecule has 0 spiro atoms. The van der Waals surface area contributed by atoms with Crippen LogP contribution in [0.15, 0.2) is 12.3 Å². The van der Waals surface area contributed by atoms with E-state index in [-0.39, 0.29) is 18.1 Å². The van der Waals surface area contributed by atoms with Crippen molar-refractivity contribution >= 4 is 17.7 Å². The van der Waals surface area contributed by atoms with E-state index in [0.29, 0.717) is 5.95 Å². The highest BCUT2D eigenvalue weighted by Crippen LogP contribution is 2.18. The van der Waals surface area contributed by atoms with E-state index in [1.54, 1.807) is 13.3 Å². The van der Waals surface area contributed by atoms with Crippen molar-refractivity contribution < 1.29 is 9.53 Å². The van der Waals surface area contributed by atoms with E-state index in [0.717, 1.165) is 45.0 Å². The van der Waals surface area contributed by atoms with Crippen molar-refractivity contribution in [2.24, 2.45) is 0 Å². The SMILES string of the molecule is CO[C@@H]1CN[C@H](C(=O)N2CCN(c3ccnc(N(C)C)n3)CC2)C1. The molecule has 0 unspecified atom stereocenters. The van der Waals surface area contributed by atoms with Crippen LogP contribution in [0, 0.1) is 0 Å². The number of carbonyl (C=O) groups excluding carboxylic acids is 1. The molecule has 2 aliphatic heterocycles. The van der Waals surface area contributed by atoms with Gasteiger partial charge in [-0.25, -0.2) is 4.98 Å². The normalized spacial score (nSPS) is 24.3. The standard InChI is InChI=1S/C16H26N6O2/c1-20(2)16-17-5-4-14(19-16)21-6-8-22(9-7-21)15(23)13-10-12(24-3)11-18-13/h4-5,12-13,18H,6-11H2,1-3H3/t12-,13-/m0/s1. The first kappa shape index (κ1) is 16.9. The maximum Gasteiger partial charge on any atom is 0.239 e. The van der Waals surface area contributed by atoms with Crippen LogP contribution in [0.25, 0.3) is 0 Å². The first-order chi connectivity index (χ1) is 11.6. The minimum atomic E-state index is -0.110. The summed E-state index contributed by atoms with van der Waals surface area (Å²) in [7, 11) is 5.55. The number of amides is 1. The smallest absolute Gasteiger partial charge is 0.239 e. The topological polar surface area (TPSA) is 73.8 Å². The van der Waals surface area contributed by atoms with Crippen molar-refractivity contribution in [1.82, 2.24) is 20.2 Å². The van der Waals surface area contributed by atoms with Gasteiger partial charge in [-0.3, -0.25) is 4.79 Å². The quantitative estimate of drug-likeness (QED) is 0.801. The van der Waals surface area contributed by atoms with Gasteiger partial charge in [0.15, 0.2) is 0 Å². The zero-order valence-corrected chi connectivity index (χ0v) is 14.6. The molecule has 1 N–H and O–H groups in total. The fourth-order valence-corrected chi connectivity index (χ4v) is 3.18. The van der Waals surface area contributed by atoms with Crippen LogP contribution in [-0.2, 0) is 9.53 Å². The summed E-state index contributed by atoms with van der Waals surface area (Å²) in [5.74, 6) is 1.80. The van der Waals surface area contributed by atoms with Crippen LogP contribution in [0.5, 0.6) is 0 Å². The summed E-state index contributed by atoms with van der Waals surface area (Å²) in [6.45, 7) is 3.76. The summed E-state index contributed by atoms with van der Waals surface area (Å²) in [5, 5.41) is 3.26. The van der Waals surface area contributed by atoms with Gasteiger partial charge in [0.2, 0.25) is 11.9 Å². The largest absolute Gasteiger partial charge is 0.380 e.